The quantitative estimate of drug-likeness (QED) is 0.382. The maximum Gasteiger partial charge on any atom is 0.244 e. The van der Waals surface area contributed by atoms with E-state index in [-0.39, 0.29) is 23.4 Å². The summed E-state index contributed by atoms with van der Waals surface area (Å²) in [6, 6.07) is 10.3. The molecule has 0 aliphatic carbocycles. The lowest BCUT2D eigenvalue weighted by Crippen LogP contribution is -2.58. The second kappa shape index (κ2) is 11.2. The molecule has 2 aromatic carbocycles. The third kappa shape index (κ3) is 5.63. The molecule has 1 atom stereocenters. The Morgan fingerprint density at radius 3 is 2.47 bits per heavy atom. The van der Waals surface area contributed by atoms with Crippen molar-refractivity contribution in [3.63, 3.8) is 0 Å². The number of sulfonamides is 1. The minimum absolute atomic E-state index is 0.0708. The van der Waals surface area contributed by atoms with Crippen molar-refractivity contribution in [2.75, 3.05) is 19.6 Å². The van der Waals surface area contributed by atoms with Crippen molar-refractivity contribution in [3.8, 4) is 0 Å². The van der Waals surface area contributed by atoms with E-state index in [9.17, 15) is 13.2 Å². The zero-order valence-electron chi connectivity index (χ0n) is 22.1. The molecule has 204 valence electrons. The van der Waals surface area contributed by atoms with Gasteiger partial charge in [0.2, 0.25) is 15.9 Å². The molecule has 2 saturated heterocycles. The van der Waals surface area contributed by atoms with E-state index >= 15 is 0 Å². The summed E-state index contributed by atoms with van der Waals surface area (Å²) in [6.07, 6.45) is 3.12. The molecule has 3 aromatic rings. The molecule has 2 aliphatic rings. The SMILES string of the molecule is Cc1nc(CN(C2CCCN(C3CCN(C(C)C)CC3)C2=O)S(=O)(=O)c2ccc3cc(Cl)ccc3c2)cs1. The molecular formula is C28H35ClN4O3S2. The number of hydrogen-bond donors (Lipinski definition) is 0. The first kappa shape index (κ1) is 27.5. The summed E-state index contributed by atoms with van der Waals surface area (Å²) in [4.78, 5) is 23.1. The molecule has 7 nitrogen and oxygen atoms in total. The molecule has 1 amide bonds. The Morgan fingerprint density at radius 1 is 1.08 bits per heavy atom. The maximum absolute atomic E-state index is 14.2. The minimum Gasteiger partial charge on any atom is -0.338 e. The normalized spacial score (nSPS) is 20.2. The number of thiazole rings is 1. The molecule has 0 saturated carbocycles. The Morgan fingerprint density at radius 2 is 1.79 bits per heavy atom. The van der Waals surface area contributed by atoms with Gasteiger partial charge in [-0.2, -0.15) is 4.31 Å². The first-order valence-corrected chi connectivity index (χ1v) is 16.0. The van der Waals surface area contributed by atoms with E-state index < -0.39 is 16.1 Å². The van der Waals surface area contributed by atoms with Crippen LogP contribution in [-0.4, -0.2) is 71.2 Å². The second-order valence-corrected chi connectivity index (χ2v) is 14.0. The lowest BCUT2D eigenvalue weighted by molar-refractivity contribution is -0.142. The number of nitrogens with zero attached hydrogens (tertiary/aromatic N) is 4. The first-order chi connectivity index (χ1) is 18.1. The maximum atomic E-state index is 14.2. The van der Waals surface area contributed by atoms with Crippen molar-refractivity contribution < 1.29 is 13.2 Å². The molecule has 1 unspecified atom stereocenters. The fourth-order valence-corrected chi connectivity index (χ4v) is 8.12. The summed E-state index contributed by atoms with van der Waals surface area (Å²) < 4.78 is 29.8. The van der Waals surface area contributed by atoms with Gasteiger partial charge in [0.25, 0.3) is 0 Å². The first-order valence-electron chi connectivity index (χ1n) is 13.3. The van der Waals surface area contributed by atoms with E-state index in [2.05, 4.69) is 23.7 Å². The van der Waals surface area contributed by atoms with Crippen LogP contribution < -0.4 is 0 Å². The highest BCUT2D eigenvalue weighted by atomic mass is 35.5. The van der Waals surface area contributed by atoms with E-state index in [1.807, 2.05) is 29.3 Å². The third-order valence-electron chi connectivity index (χ3n) is 7.83. The predicted octanol–water partition coefficient (Wildman–Crippen LogP) is 5.31. The highest BCUT2D eigenvalue weighted by Gasteiger charge is 2.42. The largest absolute Gasteiger partial charge is 0.338 e. The van der Waals surface area contributed by atoms with E-state index in [0.717, 1.165) is 48.1 Å². The van der Waals surface area contributed by atoms with Gasteiger partial charge in [0.1, 0.15) is 6.04 Å². The Bertz CT molecular complexity index is 1420. The summed E-state index contributed by atoms with van der Waals surface area (Å²) in [7, 11) is -3.99. The minimum atomic E-state index is -3.99. The molecule has 0 spiro atoms. The number of benzene rings is 2. The zero-order valence-corrected chi connectivity index (χ0v) is 24.5. The molecule has 0 bridgehead atoms. The topological polar surface area (TPSA) is 73.8 Å². The predicted molar refractivity (Wildman–Crippen MR) is 153 cm³/mol. The van der Waals surface area contributed by atoms with Crippen molar-refractivity contribution in [1.82, 2.24) is 19.1 Å². The number of carbonyl (C=O) groups is 1. The van der Waals surface area contributed by atoms with Crippen LogP contribution in [0.5, 0.6) is 0 Å². The number of likely N-dealkylation sites (tertiary alicyclic amines) is 2. The monoisotopic (exact) mass is 574 g/mol. The molecule has 5 rings (SSSR count). The van der Waals surface area contributed by atoms with Crippen LogP contribution in [0, 0.1) is 6.92 Å². The fourth-order valence-electron chi connectivity index (χ4n) is 5.72. The third-order valence-corrected chi connectivity index (χ3v) is 10.7. The molecule has 2 fully saturated rings. The van der Waals surface area contributed by atoms with Crippen molar-refractivity contribution in [2.24, 2.45) is 0 Å². The number of hydrogen-bond acceptors (Lipinski definition) is 6. The van der Waals surface area contributed by atoms with Gasteiger partial charge in [0.05, 0.1) is 22.1 Å². The van der Waals surface area contributed by atoms with Crippen LogP contribution in [0.3, 0.4) is 0 Å². The van der Waals surface area contributed by atoms with Gasteiger partial charge in [-0.05, 0) is 81.5 Å². The van der Waals surface area contributed by atoms with E-state index in [1.54, 1.807) is 24.3 Å². The van der Waals surface area contributed by atoms with Crippen LogP contribution in [0.1, 0.15) is 50.2 Å². The Hall–Kier alpha value is -2.04. The van der Waals surface area contributed by atoms with Gasteiger partial charge < -0.3 is 9.80 Å². The van der Waals surface area contributed by atoms with Crippen LogP contribution in [-0.2, 0) is 21.4 Å². The highest BCUT2D eigenvalue weighted by molar-refractivity contribution is 7.89. The second-order valence-electron chi connectivity index (χ2n) is 10.6. The lowest BCUT2D eigenvalue weighted by atomic mass is 9.96. The van der Waals surface area contributed by atoms with Crippen LogP contribution in [0.2, 0.25) is 5.02 Å². The summed E-state index contributed by atoms with van der Waals surface area (Å²) in [5.74, 6) is -0.0812. The average Bonchev–Trinajstić information content (AvgIpc) is 3.32. The van der Waals surface area contributed by atoms with E-state index in [0.29, 0.717) is 29.7 Å². The Balaban J connectivity index is 1.46. The summed E-state index contributed by atoms with van der Waals surface area (Å²) >= 11 is 7.62. The summed E-state index contributed by atoms with van der Waals surface area (Å²) in [5.41, 5.74) is 0.666. The van der Waals surface area contributed by atoms with Gasteiger partial charge in [-0.1, -0.05) is 23.7 Å². The highest BCUT2D eigenvalue weighted by Crippen LogP contribution is 2.31. The fraction of sp³-hybridized carbons (Fsp3) is 0.500. The lowest BCUT2D eigenvalue weighted by Gasteiger charge is -2.44. The van der Waals surface area contributed by atoms with Gasteiger partial charge in [0.15, 0.2) is 0 Å². The van der Waals surface area contributed by atoms with Crippen molar-refractivity contribution in [1.29, 1.82) is 0 Å². The standard InChI is InChI=1S/C28H35ClN4O3S2/c1-19(2)31-13-10-25(11-14-31)32-12-4-5-27(28(32)34)33(17-24-18-37-20(3)30-24)38(35,36)26-9-7-21-15-23(29)8-6-22(21)16-26/h6-9,15-16,18-19,25,27H,4-5,10-14,17H2,1-3H3. The van der Waals surface area contributed by atoms with Gasteiger partial charge in [-0.15, -0.1) is 11.3 Å². The summed E-state index contributed by atoms with van der Waals surface area (Å²) in [6.45, 7) is 8.97. The van der Waals surface area contributed by atoms with Crippen LogP contribution in [0.4, 0.5) is 0 Å². The van der Waals surface area contributed by atoms with Crippen LogP contribution in [0.25, 0.3) is 10.8 Å². The molecule has 0 radical (unpaired) electrons. The smallest absolute Gasteiger partial charge is 0.244 e. The molecule has 10 heteroatoms. The number of fused-ring (bicyclic) bond motifs is 1. The number of aryl methyl sites for hydroxylation is 1. The molecule has 3 heterocycles. The van der Waals surface area contributed by atoms with E-state index in [4.69, 9.17) is 11.6 Å². The Kier molecular flexibility index (Phi) is 8.12. The Labute approximate surface area is 234 Å². The number of halogens is 1. The molecular weight excluding hydrogens is 540 g/mol. The van der Waals surface area contributed by atoms with E-state index in [1.165, 1.54) is 15.6 Å². The number of aromatic nitrogens is 1. The zero-order chi connectivity index (χ0) is 27.0. The average molecular weight is 575 g/mol. The number of amides is 1. The number of rotatable bonds is 7. The van der Waals surface area contributed by atoms with Gasteiger partial charge in [-0.3, -0.25) is 4.79 Å². The molecule has 2 aliphatic heterocycles. The van der Waals surface area contributed by atoms with Gasteiger partial charge in [-0.25, -0.2) is 13.4 Å². The van der Waals surface area contributed by atoms with Crippen molar-refractivity contribution in [3.05, 3.63) is 57.5 Å². The van der Waals surface area contributed by atoms with Gasteiger partial charge >= 0.3 is 0 Å². The number of carbonyl (C=O) groups excluding carboxylic acids is 1. The molecule has 0 N–H and O–H groups in total. The van der Waals surface area contributed by atoms with Crippen LogP contribution in [0.15, 0.2) is 46.7 Å². The van der Waals surface area contributed by atoms with Crippen LogP contribution >= 0.6 is 22.9 Å². The summed E-state index contributed by atoms with van der Waals surface area (Å²) in [5, 5.41) is 5.00. The number of piperidine rings is 2. The van der Waals surface area contributed by atoms with Gasteiger partial charge in [0, 0.05) is 42.1 Å². The van der Waals surface area contributed by atoms with Crippen molar-refractivity contribution in [2.45, 2.75) is 76.0 Å². The van der Waals surface area contributed by atoms with Crippen molar-refractivity contribution >= 4 is 49.6 Å². The molecule has 38 heavy (non-hydrogen) atoms. The molecule has 1 aromatic heterocycles.